The zero-order chi connectivity index (χ0) is 24.0. The maximum atomic E-state index is 13.3. The van der Waals surface area contributed by atoms with Gasteiger partial charge in [-0.15, -0.1) is 0 Å². The van der Waals surface area contributed by atoms with Crippen molar-refractivity contribution in [2.24, 2.45) is 0 Å². The van der Waals surface area contributed by atoms with Crippen LogP contribution in [0.5, 0.6) is 0 Å². The van der Waals surface area contributed by atoms with Gasteiger partial charge < -0.3 is 19.9 Å². The zero-order valence-corrected chi connectivity index (χ0v) is 21.3. The molecule has 1 N–H and O–H groups in total. The average Bonchev–Trinajstić information content (AvgIpc) is 2.89. The fourth-order valence-corrected chi connectivity index (χ4v) is 7.00. The van der Waals surface area contributed by atoms with Crippen LogP contribution in [0.25, 0.3) is 0 Å². The molecule has 0 bridgehead atoms. The molecule has 0 aromatic heterocycles. The smallest absolute Gasteiger partial charge is 0.243 e. The number of carbonyl (C=O) groups excluding carboxylic acids is 1. The standard InChI is InChI=1S/C25H40N4O4S/c1-2-29(21-9-5-3-6-10-21)25(30)20-26-23-19-22(34(31,32)28-13-7-4-8-14-28)11-12-24(23)27-15-17-33-18-16-27/h11-12,19,21,26H,2-10,13-18,20H2,1H3. The number of nitrogens with one attached hydrogen (secondary N) is 1. The summed E-state index contributed by atoms with van der Waals surface area (Å²) in [5.41, 5.74) is 1.63. The highest BCUT2D eigenvalue weighted by atomic mass is 32.2. The van der Waals surface area contributed by atoms with Crippen molar-refractivity contribution in [1.82, 2.24) is 9.21 Å². The third-order valence-corrected chi connectivity index (χ3v) is 9.27. The lowest BCUT2D eigenvalue weighted by Crippen LogP contribution is -2.44. The van der Waals surface area contributed by atoms with Crippen LogP contribution in [-0.2, 0) is 19.6 Å². The maximum Gasteiger partial charge on any atom is 0.243 e. The predicted octanol–water partition coefficient (Wildman–Crippen LogP) is 3.29. The molecule has 9 heteroatoms. The average molecular weight is 493 g/mol. The van der Waals surface area contributed by atoms with Gasteiger partial charge in [0.15, 0.2) is 0 Å². The third kappa shape index (κ3) is 5.86. The number of anilines is 2. The van der Waals surface area contributed by atoms with Gasteiger partial charge in [-0.2, -0.15) is 4.31 Å². The molecule has 1 aromatic carbocycles. The van der Waals surface area contributed by atoms with Crippen molar-refractivity contribution in [2.45, 2.75) is 69.2 Å². The number of ether oxygens (including phenoxy) is 1. The Balaban J connectivity index is 1.55. The molecule has 3 fully saturated rings. The van der Waals surface area contributed by atoms with Crippen LogP contribution in [-0.4, -0.2) is 82.1 Å². The highest BCUT2D eigenvalue weighted by Gasteiger charge is 2.28. The number of benzene rings is 1. The van der Waals surface area contributed by atoms with E-state index in [1.165, 1.54) is 19.3 Å². The summed E-state index contributed by atoms with van der Waals surface area (Å²) in [6, 6.07) is 5.63. The van der Waals surface area contributed by atoms with Gasteiger partial charge in [-0.05, 0) is 50.8 Å². The van der Waals surface area contributed by atoms with Crippen LogP contribution in [0.4, 0.5) is 11.4 Å². The molecule has 1 saturated carbocycles. The van der Waals surface area contributed by atoms with E-state index in [2.05, 4.69) is 10.2 Å². The number of piperidine rings is 1. The molecule has 0 unspecified atom stereocenters. The highest BCUT2D eigenvalue weighted by Crippen LogP contribution is 2.32. The van der Waals surface area contributed by atoms with E-state index in [1.807, 2.05) is 17.9 Å². The Labute approximate surface area is 204 Å². The fourth-order valence-electron chi connectivity index (χ4n) is 5.45. The topological polar surface area (TPSA) is 82.2 Å². The van der Waals surface area contributed by atoms with Gasteiger partial charge in [0.05, 0.1) is 36.0 Å². The summed E-state index contributed by atoms with van der Waals surface area (Å²) in [5.74, 6) is 0.0756. The minimum Gasteiger partial charge on any atom is -0.378 e. The summed E-state index contributed by atoms with van der Waals surface area (Å²) < 4.78 is 33.7. The molecule has 4 rings (SSSR count). The first kappa shape index (κ1) is 25.3. The molecular formula is C25H40N4O4S. The molecular weight excluding hydrogens is 452 g/mol. The molecule has 2 saturated heterocycles. The molecule has 0 atom stereocenters. The second-order valence-electron chi connectivity index (χ2n) is 9.57. The van der Waals surface area contributed by atoms with Crippen molar-refractivity contribution in [3.05, 3.63) is 18.2 Å². The van der Waals surface area contributed by atoms with E-state index >= 15 is 0 Å². The molecule has 190 valence electrons. The second-order valence-corrected chi connectivity index (χ2v) is 11.5. The van der Waals surface area contributed by atoms with Crippen molar-refractivity contribution >= 4 is 27.3 Å². The zero-order valence-electron chi connectivity index (χ0n) is 20.5. The van der Waals surface area contributed by atoms with Gasteiger partial charge in [0, 0.05) is 38.8 Å². The molecule has 1 aliphatic carbocycles. The Morgan fingerprint density at radius 3 is 2.38 bits per heavy atom. The Hall–Kier alpha value is -1.84. The molecule has 3 aliphatic rings. The molecule has 2 heterocycles. The van der Waals surface area contributed by atoms with Crippen molar-refractivity contribution in [2.75, 3.05) is 62.7 Å². The van der Waals surface area contributed by atoms with Crippen LogP contribution in [0, 0.1) is 0 Å². The normalized spacial score (nSPS) is 20.8. The summed E-state index contributed by atoms with van der Waals surface area (Å²) in [6.07, 6.45) is 8.63. The summed E-state index contributed by atoms with van der Waals surface area (Å²) in [5, 5.41) is 3.32. The van der Waals surface area contributed by atoms with Crippen LogP contribution in [0.15, 0.2) is 23.1 Å². The van der Waals surface area contributed by atoms with Crippen LogP contribution in [0.1, 0.15) is 58.3 Å². The third-order valence-electron chi connectivity index (χ3n) is 7.38. The molecule has 8 nitrogen and oxygen atoms in total. The van der Waals surface area contributed by atoms with E-state index in [0.717, 1.165) is 50.9 Å². The van der Waals surface area contributed by atoms with Crippen LogP contribution in [0.3, 0.4) is 0 Å². The van der Waals surface area contributed by atoms with Crippen molar-refractivity contribution in [1.29, 1.82) is 0 Å². The highest BCUT2D eigenvalue weighted by molar-refractivity contribution is 7.89. The van der Waals surface area contributed by atoms with Gasteiger partial charge in [-0.3, -0.25) is 4.79 Å². The number of amides is 1. The van der Waals surface area contributed by atoms with Crippen molar-refractivity contribution < 1.29 is 17.9 Å². The van der Waals surface area contributed by atoms with Gasteiger partial charge in [-0.1, -0.05) is 25.7 Å². The van der Waals surface area contributed by atoms with Crippen LogP contribution >= 0.6 is 0 Å². The Morgan fingerprint density at radius 1 is 1.03 bits per heavy atom. The van der Waals surface area contributed by atoms with Crippen molar-refractivity contribution in [3.63, 3.8) is 0 Å². The number of rotatable bonds is 8. The number of sulfonamides is 1. The van der Waals surface area contributed by atoms with Crippen LogP contribution in [0.2, 0.25) is 0 Å². The molecule has 0 spiro atoms. The summed E-state index contributed by atoms with van der Waals surface area (Å²) in [7, 11) is -3.55. The van der Waals surface area contributed by atoms with Gasteiger partial charge >= 0.3 is 0 Å². The number of likely N-dealkylation sites (N-methyl/N-ethyl adjacent to an activating group) is 1. The lowest BCUT2D eigenvalue weighted by Gasteiger charge is -2.34. The van der Waals surface area contributed by atoms with Gasteiger partial charge in [0.1, 0.15) is 0 Å². The van der Waals surface area contributed by atoms with Gasteiger partial charge in [0.2, 0.25) is 15.9 Å². The Bertz CT molecular complexity index is 921. The second kappa shape index (κ2) is 11.7. The Kier molecular flexibility index (Phi) is 8.71. The molecule has 34 heavy (non-hydrogen) atoms. The monoisotopic (exact) mass is 492 g/mol. The SMILES string of the molecule is CCN(C(=O)CNc1cc(S(=O)(=O)N2CCCCC2)ccc1N1CCOCC1)C1CCCCC1. The summed E-state index contributed by atoms with van der Waals surface area (Å²) in [6.45, 7) is 6.80. The van der Waals surface area contributed by atoms with Gasteiger partial charge in [0.25, 0.3) is 0 Å². The molecule has 1 amide bonds. The summed E-state index contributed by atoms with van der Waals surface area (Å²) in [4.78, 5) is 17.7. The summed E-state index contributed by atoms with van der Waals surface area (Å²) >= 11 is 0. The molecule has 2 aliphatic heterocycles. The van der Waals surface area contributed by atoms with E-state index < -0.39 is 10.0 Å². The predicted molar refractivity (Wildman–Crippen MR) is 135 cm³/mol. The number of carbonyl (C=O) groups is 1. The van der Waals surface area contributed by atoms with Crippen LogP contribution < -0.4 is 10.2 Å². The first-order chi connectivity index (χ1) is 16.5. The van der Waals surface area contributed by atoms with Crippen molar-refractivity contribution in [3.8, 4) is 0 Å². The lowest BCUT2D eigenvalue weighted by molar-refractivity contribution is -0.132. The quantitative estimate of drug-likeness (QED) is 0.600. The van der Waals surface area contributed by atoms with E-state index in [9.17, 15) is 13.2 Å². The number of hydrogen-bond acceptors (Lipinski definition) is 6. The number of nitrogens with zero attached hydrogens (tertiary/aromatic N) is 3. The van der Waals surface area contributed by atoms with E-state index in [-0.39, 0.29) is 12.5 Å². The van der Waals surface area contributed by atoms with E-state index in [1.54, 1.807) is 16.4 Å². The first-order valence-corrected chi connectivity index (χ1v) is 14.4. The number of morpholine rings is 1. The van der Waals surface area contributed by atoms with Gasteiger partial charge in [-0.25, -0.2) is 8.42 Å². The minimum absolute atomic E-state index is 0.0756. The fraction of sp³-hybridized carbons (Fsp3) is 0.720. The molecule has 0 radical (unpaired) electrons. The van der Waals surface area contributed by atoms with E-state index in [4.69, 9.17) is 4.74 Å². The Morgan fingerprint density at radius 2 is 1.71 bits per heavy atom. The maximum absolute atomic E-state index is 13.3. The molecule has 1 aromatic rings. The minimum atomic E-state index is -3.55. The lowest BCUT2D eigenvalue weighted by atomic mass is 9.94. The van der Waals surface area contributed by atoms with E-state index in [0.29, 0.717) is 49.5 Å². The number of hydrogen-bond donors (Lipinski definition) is 1. The largest absolute Gasteiger partial charge is 0.378 e. The first-order valence-electron chi connectivity index (χ1n) is 13.0.